The lowest BCUT2D eigenvalue weighted by atomic mass is 10.1. The molecule has 0 saturated heterocycles. The van der Waals surface area contributed by atoms with Crippen LogP contribution in [0, 0.1) is 0 Å². The van der Waals surface area contributed by atoms with E-state index in [9.17, 15) is 18.0 Å². The van der Waals surface area contributed by atoms with Gasteiger partial charge >= 0.3 is 6.18 Å². The van der Waals surface area contributed by atoms with E-state index in [0.717, 1.165) is 17.7 Å². The molecule has 0 saturated carbocycles. The van der Waals surface area contributed by atoms with Crippen molar-refractivity contribution in [3.63, 3.8) is 0 Å². The number of benzene rings is 2. The van der Waals surface area contributed by atoms with E-state index in [0.29, 0.717) is 23.8 Å². The minimum absolute atomic E-state index is 0.00660. The van der Waals surface area contributed by atoms with Crippen molar-refractivity contribution in [1.29, 1.82) is 0 Å². The Morgan fingerprint density at radius 1 is 1.10 bits per heavy atom. The molecule has 0 aromatic heterocycles. The van der Waals surface area contributed by atoms with Crippen molar-refractivity contribution in [1.82, 2.24) is 15.5 Å². The van der Waals surface area contributed by atoms with E-state index in [1.165, 1.54) is 11.0 Å². The van der Waals surface area contributed by atoms with Crippen LogP contribution in [0.5, 0.6) is 5.75 Å². The molecule has 0 atom stereocenters. The van der Waals surface area contributed by atoms with E-state index in [2.05, 4.69) is 15.6 Å². The van der Waals surface area contributed by atoms with Crippen LogP contribution in [-0.2, 0) is 24.1 Å². The first kappa shape index (κ1) is 23.1. The molecule has 0 fully saturated rings. The summed E-state index contributed by atoms with van der Waals surface area (Å²) >= 11 is 0. The third-order valence-electron chi connectivity index (χ3n) is 4.22. The van der Waals surface area contributed by atoms with Crippen molar-refractivity contribution >= 4 is 11.9 Å². The second-order valence-corrected chi connectivity index (χ2v) is 6.67. The molecule has 0 aliphatic rings. The monoisotopic (exact) mass is 422 g/mol. The van der Waals surface area contributed by atoms with Gasteiger partial charge in [0.2, 0.25) is 5.91 Å². The lowest BCUT2D eigenvalue weighted by Crippen LogP contribution is -2.42. The van der Waals surface area contributed by atoms with Crippen molar-refractivity contribution in [3.05, 3.63) is 65.2 Å². The summed E-state index contributed by atoms with van der Waals surface area (Å²) in [6.07, 6.45) is -4.42. The Kier molecular flexibility index (Phi) is 8.08. The summed E-state index contributed by atoms with van der Waals surface area (Å²) in [6, 6.07) is 12.4. The predicted molar refractivity (Wildman–Crippen MR) is 109 cm³/mol. The number of guanidine groups is 1. The molecular formula is C21H25F3N4O2. The Hall–Kier alpha value is -3.23. The Morgan fingerprint density at radius 3 is 2.50 bits per heavy atom. The van der Waals surface area contributed by atoms with Gasteiger partial charge in [0.25, 0.3) is 0 Å². The number of nitrogens with zero attached hydrogens (tertiary/aromatic N) is 2. The maximum Gasteiger partial charge on any atom is 0.416 e. The fourth-order valence-corrected chi connectivity index (χ4v) is 2.54. The van der Waals surface area contributed by atoms with Gasteiger partial charge in [-0.2, -0.15) is 13.2 Å². The van der Waals surface area contributed by atoms with Crippen LogP contribution < -0.4 is 15.4 Å². The van der Waals surface area contributed by atoms with E-state index in [1.54, 1.807) is 27.3 Å². The van der Waals surface area contributed by atoms with Gasteiger partial charge in [-0.25, -0.2) is 4.99 Å². The fraction of sp³-hybridized carbons (Fsp3) is 0.333. The number of amides is 1. The molecule has 0 heterocycles. The van der Waals surface area contributed by atoms with Crippen LogP contribution in [0.1, 0.15) is 16.7 Å². The SMILES string of the molecule is COc1ccccc1CNC(=NCc1cccc(C(F)(F)F)c1)NCC(=O)N(C)C. The zero-order valence-electron chi connectivity index (χ0n) is 17.1. The van der Waals surface area contributed by atoms with E-state index in [1.807, 2.05) is 24.3 Å². The Bertz CT molecular complexity index is 883. The summed E-state index contributed by atoms with van der Waals surface area (Å²) in [7, 11) is 4.83. The molecular weight excluding hydrogens is 397 g/mol. The van der Waals surface area contributed by atoms with Gasteiger partial charge < -0.3 is 20.3 Å². The molecule has 0 radical (unpaired) electrons. The molecule has 0 aliphatic heterocycles. The predicted octanol–water partition coefficient (Wildman–Crippen LogP) is 3.04. The summed E-state index contributed by atoms with van der Waals surface area (Å²) in [5, 5.41) is 5.99. The van der Waals surface area contributed by atoms with E-state index in [4.69, 9.17) is 4.74 Å². The van der Waals surface area contributed by atoms with Crippen molar-refractivity contribution in [2.24, 2.45) is 4.99 Å². The van der Waals surface area contributed by atoms with Crippen molar-refractivity contribution < 1.29 is 22.7 Å². The fourth-order valence-electron chi connectivity index (χ4n) is 2.54. The van der Waals surface area contributed by atoms with Crippen molar-refractivity contribution in [3.8, 4) is 5.75 Å². The Morgan fingerprint density at radius 2 is 1.83 bits per heavy atom. The molecule has 30 heavy (non-hydrogen) atoms. The molecule has 9 heteroatoms. The largest absolute Gasteiger partial charge is 0.496 e. The molecule has 0 spiro atoms. The number of hydrogen-bond acceptors (Lipinski definition) is 3. The summed E-state index contributed by atoms with van der Waals surface area (Å²) in [4.78, 5) is 17.6. The summed E-state index contributed by atoms with van der Waals surface area (Å²) in [5.41, 5.74) is 0.545. The maximum absolute atomic E-state index is 12.9. The number of rotatable bonds is 7. The molecule has 2 rings (SSSR count). The number of para-hydroxylation sites is 1. The second-order valence-electron chi connectivity index (χ2n) is 6.67. The third-order valence-corrected chi connectivity index (χ3v) is 4.22. The average molecular weight is 422 g/mol. The van der Waals surface area contributed by atoms with Gasteiger partial charge in [0.1, 0.15) is 5.75 Å². The lowest BCUT2D eigenvalue weighted by Gasteiger charge is -2.16. The number of halogens is 3. The number of aliphatic imine (C=N–C) groups is 1. The zero-order valence-corrected chi connectivity index (χ0v) is 17.1. The van der Waals surface area contributed by atoms with Gasteiger partial charge in [-0.15, -0.1) is 0 Å². The van der Waals surface area contributed by atoms with Gasteiger partial charge in [0.05, 0.1) is 25.8 Å². The Balaban J connectivity index is 2.15. The van der Waals surface area contributed by atoms with E-state index >= 15 is 0 Å². The average Bonchev–Trinajstić information content (AvgIpc) is 2.72. The normalized spacial score (nSPS) is 11.7. The lowest BCUT2D eigenvalue weighted by molar-refractivity contribution is -0.137. The third kappa shape index (κ3) is 6.98. The summed E-state index contributed by atoms with van der Waals surface area (Å²) in [5.74, 6) is 0.820. The van der Waals surface area contributed by atoms with E-state index in [-0.39, 0.29) is 19.0 Å². The smallest absolute Gasteiger partial charge is 0.416 e. The zero-order chi connectivity index (χ0) is 22.1. The minimum Gasteiger partial charge on any atom is -0.496 e. The van der Waals surface area contributed by atoms with Crippen LogP contribution in [-0.4, -0.2) is 44.5 Å². The van der Waals surface area contributed by atoms with Gasteiger partial charge in [0, 0.05) is 26.2 Å². The number of carbonyl (C=O) groups excluding carboxylic acids is 1. The molecule has 162 valence electrons. The number of alkyl halides is 3. The van der Waals surface area contributed by atoms with Crippen LogP contribution in [0.3, 0.4) is 0 Å². The first-order valence-corrected chi connectivity index (χ1v) is 9.21. The molecule has 0 aliphatic carbocycles. The number of methoxy groups -OCH3 is 1. The first-order valence-electron chi connectivity index (χ1n) is 9.21. The molecule has 0 bridgehead atoms. The summed E-state index contributed by atoms with van der Waals surface area (Å²) < 4.78 is 44.1. The number of nitrogens with one attached hydrogen (secondary N) is 2. The highest BCUT2D eigenvalue weighted by Gasteiger charge is 2.30. The highest BCUT2D eigenvalue weighted by molar-refractivity contribution is 5.86. The molecule has 2 aromatic carbocycles. The van der Waals surface area contributed by atoms with Crippen LogP contribution >= 0.6 is 0 Å². The molecule has 1 amide bonds. The van der Waals surface area contributed by atoms with Crippen LogP contribution in [0.25, 0.3) is 0 Å². The van der Waals surface area contributed by atoms with Crippen molar-refractivity contribution in [2.45, 2.75) is 19.3 Å². The highest BCUT2D eigenvalue weighted by Crippen LogP contribution is 2.29. The summed E-state index contributed by atoms with van der Waals surface area (Å²) in [6.45, 7) is 0.364. The first-order chi connectivity index (χ1) is 14.2. The van der Waals surface area contributed by atoms with Gasteiger partial charge in [0.15, 0.2) is 5.96 Å². The molecule has 0 unspecified atom stereocenters. The number of hydrogen-bond donors (Lipinski definition) is 2. The van der Waals surface area contributed by atoms with Crippen LogP contribution in [0.15, 0.2) is 53.5 Å². The van der Waals surface area contributed by atoms with Crippen molar-refractivity contribution in [2.75, 3.05) is 27.7 Å². The van der Waals surface area contributed by atoms with Gasteiger partial charge in [-0.3, -0.25) is 4.79 Å². The van der Waals surface area contributed by atoms with Gasteiger partial charge in [-0.1, -0.05) is 30.3 Å². The number of carbonyl (C=O) groups is 1. The van der Waals surface area contributed by atoms with Gasteiger partial charge in [-0.05, 0) is 23.8 Å². The van der Waals surface area contributed by atoms with Crippen LogP contribution in [0.4, 0.5) is 13.2 Å². The quantitative estimate of drug-likeness (QED) is 0.532. The topological polar surface area (TPSA) is 66.0 Å². The molecule has 2 aromatic rings. The number of likely N-dealkylation sites (N-methyl/N-ethyl adjacent to an activating group) is 1. The maximum atomic E-state index is 12.9. The minimum atomic E-state index is -4.42. The molecule has 2 N–H and O–H groups in total. The number of ether oxygens (including phenoxy) is 1. The standard InChI is InChI=1S/C21H25F3N4O2/c1-28(2)19(29)14-27-20(26-13-16-8-4-5-10-18(16)30-3)25-12-15-7-6-9-17(11-15)21(22,23)24/h4-11H,12-14H2,1-3H3,(H2,25,26,27). The Labute approximate surface area is 173 Å². The van der Waals surface area contributed by atoms with Crippen LogP contribution in [0.2, 0.25) is 0 Å². The molecule has 6 nitrogen and oxygen atoms in total. The second kappa shape index (κ2) is 10.5. The van der Waals surface area contributed by atoms with E-state index < -0.39 is 11.7 Å². The highest BCUT2D eigenvalue weighted by atomic mass is 19.4.